The third-order valence-corrected chi connectivity index (χ3v) is 7.77. The Morgan fingerprint density at radius 2 is 2.00 bits per heavy atom. The number of imide groups is 1. The van der Waals surface area contributed by atoms with E-state index in [0.29, 0.717) is 12.3 Å². The van der Waals surface area contributed by atoms with Gasteiger partial charge in [0, 0.05) is 25.7 Å². The number of sulfonamides is 1. The first-order valence-electron chi connectivity index (χ1n) is 11.2. The molecule has 4 amide bonds. The Hall–Kier alpha value is -2.95. The van der Waals surface area contributed by atoms with Gasteiger partial charge in [0.2, 0.25) is 5.91 Å². The number of rotatable bonds is 6. The summed E-state index contributed by atoms with van der Waals surface area (Å²) in [6, 6.07) is 5.21. The largest absolute Gasteiger partial charge is 0.362 e. The fourth-order valence-electron chi connectivity index (χ4n) is 4.31. The minimum Gasteiger partial charge on any atom is -0.362 e. The summed E-state index contributed by atoms with van der Waals surface area (Å²) in [5.41, 5.74) is -0.720. The second kappa shape index (κ2) is 8.77. The van der Waals surface area contributed by atoms with Crippen LogP contribution in [0, 0.1) is 5.92 Å². The zero-order valence-corrected chi connectivity index (χ0v) is 19.7. The maximum absolute atomic E-state index is 12.9. The predicted octanol–water partition coefficient (Wildman–Crippen LogP) is 1.94. The Morgan fingerprint density at radius 1 is 1.24 bits per heavy atom. The molecule has 4 rings (SSSR count). The lowest BCUT2D eigenvalue weighted by Gasteiger charge is -2.20. The van der Waals surface area contributed by atoms with Crippen LogP contribution < -0.4 is 10.6 Å². The summed E-state index contributed by atoms with van der Waals surface area (Å²) >= 11 is 0. The predicted molar refractivity (Wildman–Crippen MR) is 122 cm³/mol. The molecule has 1 unspecified atom stereocenters. The van der Waals surface area contributed by atoms with Crippen molar-refractivity contribution in [2.45, 2.75) is 55.9 Å². The zero-order valence-electron chi connectivity index (χ0n) is 18.8. The molecule has 1 aliphatic carbocycles. The van der Waals surface area contributed by atoms with Crippen molar-refractivity contribution < 1.29 is 22.8 Å². The molecule has 1 aromatic rings. The van der Waals surface area contributed by atoms with E-state index in [1.807, 2.05) is 11.9 Å². The molecule has 2 N–H and O–H groups in total. The third kappa shape index (κ3) is 4.87. The second-order valence-electron chi connectivity index (χ2n) is 9.09. The summed E-state index contributed by atoms with van der Waals surface area (Å²) in [6.07, 6.45) is 5.24. The molecule has 1 atom stereocenters. The number of carbonyl (C=O) groups is 3. The molecule has 10 nitrogen and oxygen atoms in total. The highest BCUT2D eigenvalue weighted by atomic mass is 32.2. The van der Waals surface area contributed by atoms with Crippen LogP contribution >= 0.6 is 0 Å². The molecule has 3 aliphatic rings. The fourth-order valence-corrected chi connectivity index (χ4v) is 5.45. The molecular weight excluding hydrogens is 446 g/mol. The average Bonchev–Trinajstić information content (AvgIpc) is 3.59. The van der Waals surface area contributed by atoms with Gasteiger partial charge < -0.3 is 15.5 Å². The highest BCUT2D eigenvalue weighted by Gasteiger charge is 2.56. The lowest BCUT2D eigenvalue weighted by atomic mass is 9.96. The Morgan fingerprint density at radius 3 is 2.73 bits per heavy atom. The fraction of sp³-hybridized carbons (Fsp3) is 0.545. The number of nitrogens with one attached hydrogen (secondary N) is 2. The summed E-state index contributed by atoms with van der Waals surface area (Å²) < 4.78 is 29.8. The van der Waals surface area contributed by atoms with Gasteiger partial charge in [0.25, 0.3) is 15.9 Å². The lowest BCUT2D eigenvalue weighted by Crippen LogP contribution is -2.46. The van der Waals surface area contributed by atoms with Crippen LogP contribution in [-0.4, -0.2) is 67.6 Å². The molecule has 0 aromatic heterocycles. The van der Waals surface area contributed by atoms with Crippen molar-refractivity contribution in [1.82, 2.24) is 15.1 Å². The van der Waals surface area contributed by atoms with Crippen molar-refractivity contribution in [3.05, 3.63) is 24.3 Å². The van der Waals surface area contributed by atoms with Gasteiger partial charge in [-0.2, -0.15) is 8.42 Å². The second-order valence-corrected chi connectivity index (χ2v) is 10.7. The van der Waals surface area contributed by atoms with Crippen LogP contribution in [0.3, 0.4) is 0 Å². The molecule has 1 aromatic carbocycles. The Balaban J connectivity index is 1.45. The number of carbonyl (C=O) groups excluding carboxylic acids is 3. The van der Waals surface area contributed by atoms with Crippen molar-refractivity contribution in [3.8, 4) is 0 Å². The maximum Gasteiger partial charge on any atom is 0.325 e. The van der Waals surface area contributed by atoms with Crippen LogP contribution in [-0.2, 0) is 19.6 Å². The zero-order chi connectivity index (χ0) is 23.8. The summed E-state index contributed by atoms with van der Waals surface area (Å²) in [4.78, 5) is 40.2. The van der Waals surface area contributed by atoms with E-state index >= 15 is 0 Å². The molecule has 178 valence electrons. The molecule has 11 heteroatoms. The number of hydrogen-bond donors (Lipinski definition) is 2. The van der Waals surface area contributed by atoms with Crippen molar-refractivity contribution in [2.24, 2.45) is 10.3 Å². The van der Waals surface area contributed by atoms with Gasteiger partial charge in [0.05, 0.1) is 4.90 Å². The van der Waals surface area contributed by atoms with Crippen molar-refractivity contribution in [2.75, 3.05) is 25.5 Å². The van der Waals surface area contributed by atoms with E-state index in [1.54, 1.807) is 13.0 Å². The third-order valence-electron chi connectivity index (χ3n) is 6.47. The molecule has 2 heterocycles. The van der Waals surface area contributed by atoms with Gasteiger partial charge in [-0.3, -0.25) is 14.5 Å². The van der Waals surface area contributed by atoms with Crippen molar-refractivity contribution >= 4 is 39.4 Å². The molecule has 2 saturated heterocycles. The lowest BCUT2D eigenvalue weighted by molar-refractivity contribution is -0.134. The molecular formula is C22H29N5O5S. The quantitative estimate of drug-likeness (QED) is 0.605. The molecule has 0 spiro atoms. The molecule has 0 radical (unpaired) electrons. The number of likely N-dealkylation sites (tertiary alicyclic amines) is 1. The summed E-state index contributed by atoms with van der Waals surface area (Å²) in [6.45, 7) is 1.99. The van der Waals surface area contributed by atoms with Gasteiger partial charge in [-0.05, 0) is 56.7 Å². The van der Waals surface area contributed by atoms with Gasteiger partial charge in [0.15, 0.2) is 0 Å². The van der Waals surface area contributed by atoms with E-state index in [9.17, 15) is 22.8 Å². The van der Waals surface area contributed by atoms with E-state index in [2.05, 4.69) is 15.0 Å². The normalized spacial score (nSPS) is 25.2. The number of nitrogens with zero attached hydrogens (tertiary/aromatic N) is 3. The SMILES string of the molecule is CN1CCCCC/C1=N\S(=O)(=O)c1cccc(NC(=O)CN2C(=O)NC(C)(C3CC3)C2=O)c1. The van der Waals surface area contributed by atoms with Crippen LogP contribution in [0.1, 0.15) is 45.4 Å². The van der Waals surface area contributed by atoms with Crippen LogP contribution in [0.2, 0.25) is 0 Å². The first-order valence-corrected chi connectivity index (χ1v) is 12.6. The minimum absolute atomic E-state index is 0.0400. The number of amidine groups is 1. The van der Waals surface area contributed by atoms with Crippen molar-refractivity contribution in [1.29, 1.82) is 0 Å². The van der Waals surface area contributed by atoms with Crippen molar-refractivity contribution in [3.63, 3.8) is 0 Å². The summed E-state index contributed by atoms with van der Waals surface area (Å²) in [7, 11) is -2.13. The average molecular weight is 476 g/mol. The number of urea groups is 1. The number of benzene rings is 1. The topological polar surface area (TPSA) is 128 Å². The standard InChI is InChI=1S/C22H29N5O5S/c1-22(15-10-11-15)20(29)27(21(30)24-22)14-19(28)23-16-7-6-8-17(13-16)33(31,32)25-18-9-4-3-5-12-26(18)2/h6-8,13,15H,3-5,9-12,14H2,1-2H3,(H,23,28)(H,24,30)/b25-18+. The van der Waals surface area contributed by atoms with E-state index in [1.165, 1.54) is 18.2 Å². The molecule has 3 fully saturated rings. The Bertz CT molecular complexity index is 1110. The van der Waals surface area contributed by atoms with Crippen LogP contribution in [0.25, 0.3) is 0 Å². The minimum atomic E-state index is -3.96. The van der Waals surface area contributed by atoms with E-state index in [-0.39, 0.29) is 16.5 Å². The van der Waals surface area contributed by atoms with Gasteiger partial charge in [0.1, 0.15) is 17.9 Å². The molecule has 0 bridgehead atoms. The van der Waals surface area contributed by atoms with Gasteiger partial charge in [-0.15, -0.1) is 4.40 Å². The molecule has 1 saturated carbocycles. The van der Waals surface area contributed by atoms with E-state index < -0.39 is 40.0 Å². The highest BCUT2D eigenvalue weighted by molar-refractivity contribution is 7.90. The number of amides is 4. The summed E-state index contributed by atoms with van der Waals surface area (Å²) in [5, 5.41) is 5.28. The number of hydrogen-bond acceptors (Lipinski definition) is 5. The number of anilines is 1. The first kappa shape index (κ1) is 23.2. The van der Waals surface area contributed by atoms with Gasteiger partial charge >= 0.3 is 6.03 Å². The van der Waals surface area contributed by atoms with E-state index in [0.717, 1.165) is 43.5 Å². The molecule has 33 heavy (non-hydrogen) atoms. The van der Waals surface area contributed by atoms with Gasteiger partial charge in [-0.1, -0.05) is 12.5 Å². The van der Waals surface area contributed by atoms with Crippen LogP contribution in [0.15, 0.2) is 33.6 Å². The van der Waals surface area contributed by atoms with Crippen LogP contribution in [0.5, 0.6) is 0 Å². The Labute approximate surface area is 193 Å². The first-order chi connectivity index (χ1) is 15.6. The monoisotopic (exact) mass is 475 g/mol. The molecule has 2 aliphatic heterocycles. The summed E-state index contributed by atoms with van der Waals surface area (Å²) in [5.74, 6) is -0.384. The van der Waals surface area contributed by atoms with Crippen LogP contribution in [0.4, 0.5) is 10.5 Å². The Kier molecular flexibility index (Phi) is 6.17. The van der Waals surface area contributed by atoms with Gasteiger partial charge in [-0.25, -0.2) is 4.79 Å². The highest BCUT2D eigenvalue weighted by Crippen LogP contribution is 2.42. The maximum atomic E-state index is 12.9. The smallest absolute Gasteiger partial charge is 0.325 e. The van der Waals surface area contributed by atoms with E-state index in [4.69, 9.17) is 0 Å².